The number of aromatic nitrogens is 2. The molecule has 1 amide bonds. The number of halogens is 1. The van der Waals surface area contributed by atoms with Crippen LogP contribution in [0.15, 0.2) is 48.5 Å². The minimum Gasteiger partial charge on any atom is -0.478 e. The van der Waals surface area contributed by atoms with Crippen molar-refractivity contribution in [3.8, 4) is 0 Å². The summed E-state index contributed by atoms with van der Waals surface area (Å²) in [6, 6.07) is 13.8. The summed E-state index contributed by atoms with van der Waals surface area (Å²) in [7, 11) is 0. The number of likely N-dealkylation sites (tertiary alicyclic amines) is 1. The maximum atomic E-state index is 13.1. The topological polar surface area (TPSA) is 182 Å². The molecule has 0 radical (unpaired) electrons. The van der Waals surface area contributed by atoms with E-state index in [-0.39, 0.29) is 39.7 Å². The number of nitrogens with two attached hydrogens (primary N) is 2. The first kappa shape index (κ1) is 30.7. The second-order valence-electron chi connectivity index (χ2n) is 10.9. The number of rotatable bonds is 12. The van der Waals surface area contributed by atoms with Crippen molar-refractivity contribution in [2.75, 3.05) is 37.6 Å². The first-order valence-electron chi connectivity index (χ1n) is 13.9. The van der Waals surface area contributed by atoms with Crippen LogP contribution in [0.5, 0.6) is 0 Å². The molecule has 1 aliphatic rings. The Labute approximate surface area is 249 Å². The number of carbonyl (C=O) groups is 3. The van der Waals surface area contributed by atoms with Crippen molar-refractivity contribution < 1.29 is 29.1 Å². The van der Waals surface area contributed by atoms with Crippen molar-refractivity contribution >= 4 is 41.1 Å². The van der Waals surface area contributed by atoms with Crippen molar-refractivity contribution in [3.63, 3.8) is 0 Å². The molecular weight excluding hydrogens is 560 g/mol. The number of hydrogen-bond donors (Lipinski definition) is 5. The second kappa shape index (κ2) is 13.6. The van der Waals surface area contributed by atoms with Gasteiger partial charge < -0.3 is 31.5 Å². The summed E-state index contributed by atoms with van der Waals surface area (Å²) in [5.41, 5.74) is 14.2. The first-order valence-corrected chi connectivity index (χ1v) is 14.3. The lowest BCUT2D eigenvalue weighted by atomic mass is 9.98. The molecule has 2 heterocycles. The lowest BCUT2D eigenvalue weighted by Gasteiger charge is -2.45. The van der Waals surface area contributed by atoms with Gasteiger partial charge in [0.2, 0.25) is 0 Å². The average molecular weight is 596 g/mol. The Morgan fingerprint density at radius 2 is 1.38 bits per heavy atom. The van der Waals surface area contributed by atoms with Gasteiger partial charge in [0.1, 0.15) is 0 Å². The Balaban J connectivity index is 1.44. The summed E-state index contributed by atoms with van der Waals surface area (Å²) in [5.74, 6) is -2.44. The largest absolute Gasteiger partial charge is 0.478 e. The van der Waals surface area contributed by atoms with E-state index in [1.54, 1.807) is 24.3 Å². The third-order valence-electron chi connectivity index (χ3n) is 7.85. The average Bonchev–Trinajstić information content (AvgIpc) is 2.95. The monoisotopic (exact) mass is 595 g/mol. The number of nitrogen functional groups attached to an aromatic ring is 2. The van der Waals surface area contributed by atoms with Crippen LogP contribution in [0.1, 0.15) is 68.0 Å². The van der Waals surface area contributed by atoms with Crippen molar-refractivity contribution in [1.82, 2.24) is 15.3 Å². The van der Waals surface area contributed by atoms with Gasteiger partial charge in [0.15, 0.2) is 22.5 Å². The lowest BCUT2D eigenvalue weighted by Crippen LogP contribution is -2.60. The van der Waals surface area contributed by atoms with E-state index in [0.29, 0.717) is 0 Å². The van der Waals surface area contributed by atoms with Gasteiger partial charge in [-0.05, 0) is 61.1 Å². The Morgan fingerprint density at radius 1 is 0.857 bits per heavy atom. The zero-order valence-corrected chi connectivity index (χ0v) is 24.0. The molecule has 222 valence electrons. The van der Waals surface area contributed by atoms with Gasteiger partial charge >= 0.3 is 11.9 Å². The number of carbonyl (C=O) groups excluding carboxylic acids is 1. The van der Waals surface area contributed by atoms with E-state index in [4.69, 9.17) is 23.1 Å². The predicted octanol–water partition coefficient (Wildman–Crippen LogP) is 3.67. The number of aryl methyl sites for hydroxylation is 2. The molecule has 2 aromatic carbocycles. The van der Waals surface area contributed by atoms with Gasteiger partial charge in [0, 0.05) is 12.8 Å². The molecule has 4 rings (SSSR count). The third-order valence-corrected chi connectivity index (χ3v) is 8.12. The third kappa shape index (κ3) is 7.95. The smallest absolute Gasteiger partial charge is 0.335 e. The zero-order chi connectivity index (χ0) is 30.3. The summed E-state index contributed by atoms with van der Waals surface area (Å²) in [5, 5.41) is 21.4. The van der Waals surface area contributed by atoms with Crippen LogP contribution >= 0.6 is 11.6 Å². The number of nitrogens with one attached hydrogen (secondary N) is 1. The van der Waals surface area contributed by atoms with Crippen molar-refractivity contribution in [2.24, 2.45) is 0 Å². The number of quaternary nitrogens is 1. The fourth-order valence-electron chi connectivity index (χ4n) is 5.69. The van der Waals surface area contributed by atoms with Gasteiger partial charge in [0.05, 0.1) is 43.3 Å². The van der Waals surface area contributed by atoms with E-state index in [1.165, 1.54) is 0 Å². The fourth-order valence-corrected chi connectivity index (χ4v) is 5.81. The van der Waals surface area contributed by atoms with Crippen molar-refractivity contribution in [2.45, 2.75) is 44.6 Å². The molecule has 3 aromatic rings. The van der Waals surface area contributed by atoms with Gasteiger partial charge in [-0.2, -0.15) is 0 Å². The van der Waals surface area contributed by atoms with Crippen molar-refractivity contribution in [3.05, 3.63) is 81.6 Å². The van der Waals surface area contributed by atoms with Gasteiger partial charge in [-0.25, -0.2) is 19.6 Å². The number of anilines is 2. The molecule has 0 saturated carbocycles. The highest BCUT2D eigenvalue weighted by atomic mass is 35.5. The minimum atomic E-state index is -0.945. The fraction of sp³-hybridized carbons (Fsp3) is 0.367. The summed E-state index contributed by atoms with van der Waals surface area (Å²) >= 11 is 5.99. The number of amides is 1. The molecule has 0 bridgehead atoms. The summed E-state index contributed by atoms with van der Waals surface area (Å²) in [4.78, 5) is 43.4. The predicted molar refractivity (Wildman–Crippen MR) is 160 cm³/mol. The lowest BCUT2D eigenvalue weighted by molar-refractivity contribution is -0.933. The second-order valence-corrected chi connectivity index (χ2v) is 11.2. The van der Waals surface area contributed by atoms with Gasteiger partial charge in [0.25, 0.3) is 5.91 Å². The number of piperidine rings is 1. The van der Waals surface area contributed by atoms with Crippen LogP contribution in [0.4, 0.5) is 11.6 Å². The van der Waals surface area contributed by atoms with E-state index < -0.39 is 17.8 Å². The van der Waals surface area contributed by atoms with Crippen LogP contribution < -0.4 is 16.8 Å². The number of carboxylic acids is 2. The number of hydrogen-bond acceptors (Lipinski definition) is 7. The number of carboxylic acid groups (broad SMARTS) is 2. The molecular formula is C30H36ClN6O5+. The molecule has 1 aliphatic heterocycles. The molecule has 1 fully saturated rings. The molecule has 1 unspecified atom stereocenters. The summed E-state index contributed by atoms with van der Waals surface area (Å²) in [6.45, 7) is 3.48. The Bertz CT molecular complexity index is 1370. The highest BCUT2D eigenvalue weighted by Crippen LogP contribution is 2.24. The Hall–Kier alpha value is -4.22. The first-order chi connectivity index (χ1) is 20.0. The van der Waals surface area contributed by atoms with Crippen molar-refractivity contribution in [1.29, 1.82) is 0 Å². The molecule has 42 heavy (non-hydrogen) atoms. The van der Waals surface area contributed by atoms with E-state index >= 15 is 0 Å². The molecule has 1 saturated heterocycles. The van der Waals surface area contributed by atoms with E-state index in [0.717, 1.165) is 80.3 Å². The number of benzene rings is 2. The molecule has 7 N–H and O–H groups in total. The minimum absolute atomic E-state index is 0.0331. The maximum Gasteiger partial charge on any atom is 0.335 e. The van der Waals surface area contributed by atoms with E-state index in [9.17, 15) is 24.6 Å². The van der Waals surface area contributed by atoms with E-state index in [2.05, 4.69) is 15.3 Å². The van der Waals surface area contributed by atoms with Gasteiger partial charge in [-0.1, -0.05) is 35.9 Å². The zero-order valence-electron chi connectivity index (χ0n) is 23.3. The molecule has 1 aromatic heterocycles. The van der Waals surface area contributed by atoms with Crippen LogP contribution in [0.3, 0.4) is 0 Å². The Kier molecular flexibility index (Phi) is 9.97. The quantitative estimate of drug-likeness (QED) is 0.195. The Morgan fingerprint density at radius 3 is 1.88 bits per heavy atom. The summed E-state index contributed by atoms with van der Waals surface area (Å²) < 4.78 is 0.815. The highest BCUT2D eigenvalue weighted by Gasteiger charge is 2.35. The number of nitrogens with zero attached hydrogens (tertiary/aromatic N) is 3. The van der Waals surface area contributed by atoms with Crippen LogP contribution in [-0.4, -0.2) is 74.7 Å². The summed E-state index contributed by atoms with van der Waals surface area (Å²) in [6.07, 6.45) is 5.15. The van der Waals surface area contributed by atoms with Gasteiger partial charge in [-0.15, -0.1) is 0 Å². The van der Waals surface area contributed by atoms with Crippen LogP contribution in [0.2, 0.25) is 5.15 Å². The molecule has 12 heteroatoms. The highest BCUT2D eigenvalue weighted by molar-refractivity contribution is 6.31. The maximum absolute atomic E-state index is 13.1. The normalized spacial score (nSPS) is 16.1. The SMILES string of the molecule is Nc1nc(N)c(C(=O)NC2CCC[N+](CCCc3ccc(C(=O)O)cc3)(CCCc3ccc(C(=O)O)cc3)C2)nc1Cl. The van der Waals surface area contributed by atoms with Crippen LogP contribution in [0.25, 0.3) is 0 Å². The molecule has 0 spiro atoms. The molecule has 11 nitrogen and oxygen atoms in total. The number of aromatic carboxylic acids is 2. The van der Waals surface area contributed by atoms with E-state index in [1.807, 2.05) is 24.3 Å². The molecule has 1 atom stereocenters. The van der Waals surface area contributed by atoms with Crippen LogP contribution in [-0.2, 0) is 12.8 Å². The van der Waals surface area contributed by atoms with Gasteiger partial charge in [-0.3, -0.25) is 4.79 Å². The van der Waals surface area contributed by atoms with Crippen LogP contribution in [0, 0.1) is 0 Å². The standard InChI is InChI=1S/C30H35ClN6O5/c31-25-27(33)36-26(32)24(35-25)28(38)34-23-6-3-17-37(18-23,15-1-4-19-7-11-21(12-8-19)29(39)40)16-2-5-20-9-13-22(14-10-20)30(41)42/h7-14,23H,1-6,15-18H2,(H6-,32,33,34,36,38,39,40,41,42)/p+1. The molecule has 0 aliphatic carbocycles.